The van der Waals surface area contributed by atoms with Crippen LogP contribution in [0.4, 0.5) is 26.3 Å². The van der Waals surface area contributed by atoms with Crippen molar-refractivity contribution in [3.8, 4) is 9.85 Å². The number of hydrogen-bond donors (Lipinski definition) is 0. The molecule has 0 aliphatic heterocycles. The van der Waals surface area contributed by atoms with Gasteiger partial charge in [0.25, 0.3) is 0 Å². The Morgan fingerprint density at radius 1 is 0.750 bits per heavy atom. The van der Waals surface area contributed by atoms with Crippen LogP contribution in [0.25, 0.3) is 0 Å². The summed E-state index contributed by atoms with van der Waals surface area (Å²) >= 11 is -0.143. The molecule has 0 atom stereocenters. The van der Waals surface area contributed by atoms with E-state index in [4.69, 9.17) is 25.9 Å². The summed E-state index contributed by atoms with van der Waals surface area (Å²) in [6.07, 6.45) is 3.54. The van der Waals surface area contributed by atoms with Gasteiger partial charge in [0.2, 0.25) is 3.57 Å². The van der Waals surface area contributed by atoms with Crippen molar-refractivity contribution in [1.82, 2.24) is 0 Å². The van der Waals surface area contributed by atoms with Crippen LogP contribution in [0.1, 0.15) is 26.2 Å². The summed E-state index contributed by atoms with van der Waals surface area (Å²) in [5.41, 5.74) is -11.3. The molecule has 0 N–H and O–H groups in total. The molecule has 2 aromatic rings. The lowest BCUT2D eigenvalue weighted by Crippen LogP contribution is -3.61. The van der Waals surface area contributed by atoms with Crippen LogP contribution in [0, 0.1) is 20.6 Å². The molecule has 202 valence electrons. The Bertz CT molecular complexity index is 1150. The van der Waals surface area contributed by atoms with E-state index in [9.17, 15) is 26.3 Å². The van der Waals surface area contributed by atoms with Gasteiger partial charge >= 0.3 is 53.4 Å². The van der Waals surface area contributed by atoms with Crippen molar-refractivity contribution in [2.75, 3.05) is 0 Å². The minimum atomic E-state index is -6.09. The third-order valence-corrected chi connectivity index (χ3v) is 9.01. The lowest BCUT2D eigenvalue weighted by molar-refractivity contribution is -0.598. The molecule has 0 saturated carbocycles. The van der Waals surface area contributed by atoms with Crippen LogP contribution in [0.5, 0.6) is 0 Å². The summed E-state index contributed by atoms with van der Waals surface area (Å²) in [5.74, 6) is 3.30. The van der Waals surface area contributed by atoms with E-state index in [0.29, 0.717) is 0 Å². The van der Waals surface area contributed by atoms with Gasteiger partial charge in [0, 0.05) is 6.42 Å². The van der Waals surface area contributed by atoms with Crippen molar-refractivity contribution in [1.29, 1.82) is 0 Å². The maximum absolute atomic E-state index is 10.7. The Kier molecular flexibility index (Phi) is 15.5. The van der Waals surface area contributed by atoms with E-state index < -0.39 is 31.3 Å². The Labute approximate surface area is 225 Å². The molecular weight excluding hydrogens is 768 g/mol. The Morgan fingerprint density at radius 3 is 1.53 bits per heavy atom. The van der Waals surface area contributed by atoms with Crippen LogP contribution in [0.15, 0.2) is 54.6 Å². The van der Waals surface area contributed by atoms with Crippen molar-refractivity contribution in [2.24, 2.45) is 0 Å². The van der Waals surface area contributed by atoms with Crippen LogP contribution in [-0.2, 0) is 20.2 Å². The maximum Gasteiger partial charge on any atom is 0.485 e. The van der Waals surface area contributed by atoms with Gasteiger partial charge in [-0.25, -0.2) is 16.8 Å². The number of halogens is 8. The van der Waals surface area contributed by atoms with E-state index in [1.807, 2.05) is 0 Å². The predicted molar refractivity (Wildman–Crippen MR) is 108 cm³/mol. The quantitative estimate of drug-likeness (QED) is 0.0896. The summed E-state index contributed by atoms with van der Waals surface area (Å²) in [6.45, 7) is 2.21. The summed E-state index contributed by atoms with van der Waals surface area (Å²) in [7, 11) is -12.2. The fraction of sp³-hybridized carbons (Fsp3) is 0.300. The van der Waals surface area contributed by atoms with E-state index in [1.165, 1.54) is 23.6 Å². The molecule has 36 heavy (non-hydrogen) atoms. The minimum Gasteiger partial charge on any atom is -0.741 e. The largest absolute Gasteiger partial charge is 0.741 e. The maximum atomic E-state index is 10.7. The summed E-state index contributed by atoms with van der Waals surface area (Å²) in [6, 6.07) is 19.9. The predicted octanol–water partition coefficient (Wildman–Crippen LogP) is -1.67. The number of alkyl halides is 6. The van der Waals surface area contributed by atoms with Gasteiger partial charge in [-0.3, -0.25) is 0 Å². The van der Waals surface area contributed by atoms with Gasteiger partial charge in [-0.1, -0.05) is 31.5 Å². The molecule has 2 aromatic carbocycles. The lowest BCUT2D eigenvalue weighted by Gasteiger charge is -2.08. The molecule has 0 unspecified atom stereocenters. The fourth-order valence-electron chi connectivity index (χ4n) is 1.56. The molecule has 0 aromatic heterocycles. The second-order valence-electron chi connectivity index (χ2n) is 6.10. The molecule has 16 heteroatoms. The third-order valence-electron chi connectivity index (χ3n) is 3.20. The zero-order valence-corrected chi connectivity index (χ0v) is 24.1. The molecule has 0 amide bonds. The molecule has 0 heterocycles. The lowest BCUT2D eigenvalue weighted by atomic mass is 10.3. The standard InChI is InChI=1S/C18H18I2.2CHF3O3S/c1-2-3-4-8-15-19-16-11-13-18(14-12-16)20-17-9-6-5-7-10-17;2*2-1(3,4)8(5,6)7/h5-7,9-14H,2-4H2,1H3;2*(H,5,6,7)/q+2;;/p-2. The van der Waals surface area contributed by atoms with E-state index >= 15 is 0 Å². The smallest absolute Gasteiger partial charge is 0.485 e. The monoisotopic (exact) mass is 786 g/mol. The topological polar surface area (TPSA) is 114 Å². The SMILES string of the molecule is CCCCC#C[I+]c1ccc([I+]c2ccccc2)cc1.O=S(=O)([O-])C(F)(F)F.O=S(=O)([O-])C(F)(F)F. The van der Waals surface area contributed by atoms with Crippen LogP contribution in [-0.4, -0.2) is 37.0 Å². The fourth-order valence-corrected chi connectivity index (χ4v) is 5.26. The molecule has 0 spiro atoms. The third kappa shape index (κ3) is 15.9. The summed E-state index contributed by atoms with van der Waals surface area (Å²) < 4.78 is 126. The molecule has 6 nitrogen and oxygen atoms in total. The Morgan fingerprint density at radius 2 is 1.14 bits per heavy atom. The van der Waals surface area contributed by atoms with Crippen molar-refractivity contribution in [2.45, 2.75) is 37.2 Å². The first-order chi connectivity index (χ1) is 16.4. The van der Waals surface area contributed by atoms with Gasteiger partial charge in [0.05, 0.1) is 0 Å². The zero-order valence-electron chi connectivity index (χ0n) is 18.1. The summed E-state index contributed by atoms with van der Waals surface area (Å²) in [5, 5.41) is 0. The molecule has 2 rings (SSSR count). The van der Waals surface area contributed by atoms with Crippen molar-refractivity contribution < 1.29 is 94.7 Å². The van der Waals surface area contributed by atoms with E-state index in [1.54, 1.807) is 0 Å². The van der Waals surface area contributed by atoms with Gasteiger partial charge in [-0.2, -0.15) is 26.3 Å². The molecule has 0 bridgehead atoms. The number of benzene rings is 2. The van der Waals surface area contributed by atoms with Crippen LogP contribution < -0.4 is 42.4 Å². The molecule has 0 aliphatic carbocycles. The zero-order chi connectivity index (χ0) is 28.0. The van der Waals surface area contributed by atoms with Crippen molar-refractivity contribution >= 4 is 20.2 Å². The minimum absolute atomic E-state index is 0.0299. The average molecular weight is 786 g/mol. The molecule has 0 fully saturated rings. The summed E-state index contributed by atoms with van der Waals surface area (Å²) in [4.78, 5) is 0. The van der Waals surface area contributed by atoms with Gasteiger partial charge in [-0.15, -0.1) is 0 Å². The van der Waals surface area contributed by atoms with Crippen molar-refractivity contribution in [3.63, 3.8) is 0 Å². The Hall–Kier alpha value is -1.14. The number of unbranched alkanes of at least 4 members (excludes halogenated alkanes) is 2. The first-order valence-electron chi connectivity index (χ1n) is 9.34. The van der Waals surface area contributed by atoms with Crippen LogP contribution >= 0.6 is 0 Å². The molecule has 0 saturated heterocycles. The highest BCUT2D eigenvalue weighted by Crippen LogP contribution is 2.21. The van der Waals surface area contributed by atoms with Gasteiger partial charge < -0.3 is 9.11 Å². The second-order valence-corrected chi connectivity index (χ2v) is 14.2. The molecular formula is C20H18F6I2O6S2. The normalized spacial score (nSPS) is 11.7. The highest BCUT2D eigenvalue weighted by Gasteiger charge is 2.37. The van der Waals surface area contributed by atoms with Crippen LogP contribution in [0.3, 0.4) is 0 Å². The highest BCUT2D eigenvalue weighted by atomic mass is 127. The van der Waals surface area contributed by atoms with E-state index in [2.05, 4.69) is 71.4 Å². The first kappa shape index (κ1) is 34.9. The van der Waals surface area contributed by atoms with Gasteiger partial charge in [0.15, 0.2) is 31.3 Å². The first-order valence-corrected chi connectivity index (χ1v) is 16.5. The molecule has 0 aliphatic rings. The van der Waals surface area contributed by atoms with Gasteiger partial charge in [-0.05, 0) is 48.7 Å². The van der Waals surface area contributed by atoms with Crippen molar-refractivity contribution in [3.05, 3.63) is 65.3 Å². The van der Waals surface area contributed by atoms with E-state index in [-0.39, 0.29) is 42.4 Å². The Balaban J connectivity index is 0.000000634. The number of rotatable bonds is 5. The van der Waals surface area contributed by atoms with E-state index in [0.717, 1.165) is 6.42 Å². The van der Waals surface area contributed by atoms with Crippen LogP contribution in [0.2, 0.25) is 0 Å². The average Bonchev–Trinajstić information content (AvgIpc) is 2.74. The van der Waals surface area contributed by atoms with Gasteiger partial charge in [0.1, 0.15) is 0 Å². The number of hydrogen-bond acceptors (Lipinski definition) is 6. The molecule has 0 radical (unpaired) electrons. The highest BCUT2D eigenvalue weighted by molar-refractivity contribution is 7.86. The second kappa shape index (κ2) is 16.0.